The van der Waals surface area contributed by atoms with Crippen molar-refractivity contribution in [2.75, 3.05) is 20.2 Å². The van der Waals surface area contributed by atoms with Gasteiger partial charge in [-0.2, -0.15) is 0 Å². The van der Waals surface area contributed by atoms with E-state index >= 15 is 0 Å². The van der Waals surface area contributed by atoms with E-state index in [1.807, 2.05) is 0 Å². The zero-order valence-electron chi connectivity index (χ0n) is 13.0. The van der Waals surface area contributed by atoms with Crippen LogP contribution in [0.25, 0.3) is 0 Å². The van der Waals surface area contributed by atoms with Crippen LogP contribution in [-0.4, -0.2) is 20.2 Å². The smallest absolute Gasteiger partial charge is 0.122 e. The normalized spacial score (nSPS) is 16.7. The first-order chi connectivity index (χ1) is 9.04. The van der Waals surface area contributed by atoms with Crippen LogP contribution in [0.4, 0.5) is 0 Å². The van der Waals surface area contributed by atoms with Crippen molar-refractivity contribution in [3.63, 3.8) is 0 Å². The molecular weight excluding hydrogens is 234 g/mol. The average molecular weight is 261 g/mol. The van der Waals surface area contributed by atoms with Crippen LogP contribution in [-0.2, 0) is 5.41 Å². The minimum Gasteiger partial charge on any atom is -0.496 e. The van der Waals surface area contributed by atoms with E-state index in [-0.39, 0.29) is 0 Å². The molecule has 0 radical (unpaired) electrons. The van der Waals surface area contributed by atoms with Crippen molar-refractivity contribution in [1.29, 1.82) is 0 Å². The van der Waals surface area contributed by atoms with Gasteiger partial charge in [-0.05, 0) is 55.0 Å². The Balaban J connectivity index is 2.38. The lowest BCUT2D eigenvalue weighted by Crippen LogP contribution is -2.27. The van der Waals surface area contributed by atoms with Gasteiger partial charge in [-0.25, -0.2) is 0 Å². The third kappa shape index (κ3) is 2.79. The topological polar surface area (TPSA) is 21.3 Å². The molecule has 0 heterocycles. The third-order valence-electron chi connectivity index (χ3n) is 4.34. The molecule has 1 aliphatic carbocycles. The largest absolute Gasteiger partial charge is 0.496 e. The van der Waals surface area contributed by atoms with Crippen molar-refractivity contribution in [2.24, 2.45) is 0 Å². The molecule has 106 valence electrons. The summed E-state index contributed by atoms with van der Waals surface area (Å²) in [7, 11) is 1.77. The van der Waals surface area contributed by atoms with E-state index in [4.69, 9.17) is 4.74 Å². The third-order valence-corrected chi connectivity index (χ3v) is 4.34. The van der Waals surface area contributed by atoms with E-state index < -0.39 is 0 Å². The Hall–Kier alpha value is -1.02. The molecule has 1 saturated carbocycles. The van der Waals surface area contributed by atoms with Gasteiger partial charge in [0.2, 0.25) is 0 Å². The zero-order valence-corrected chi connectivity index (χ0v) is 13.0. The van der Waals surface area contributed by atoms with Crippen molar-refractivity contribution in [3.05, 3.63) is 28.8 Å². The van der Waals surface area contributed by atoms with E-state index in [1.54, 1.807) is 7.11 Å². The molecule has 2 rings (SSSR count). The van der Waals surface area contributed by atoms with Gasteiger partial charge in [0.05, 0.1) is 7.11 Å². The standard InChI is InChI=1S/C17H27NO/c1-6-18-11-17(7-8-17)15-10-14(12(2)3)16(19-5)9-13(15)4/h9-10,12,18H,6-8,11H2,1-5H3. The molecule has 0 aliphatic heterocycles. The lowest BCUT2D eigenvalue weighted by atomic mass is 9.87. The van der Waals surface area contributed by atoms with Gasteiger partial charge in [-0.3, -0.25) is 0 Å². The summed E-state index contributed by atoms with van der Waals surface area (Å²) in [4.78, 5) is 0. The number of likely N-dealkylation sites (N-methyl/N-ethyl adjacent to an activating group) is 1. The SMILES string of the molecule is CCNCC1(c2cc(C(C)C)c(OC)cc2C)CC1. The second kappa shape index (κ2) is 5.54. The Labute approximate surface area is 117 Å². The predicted molar refractivity (Wildman–Crippen MR) is 81.3 cm³/mol. The molecule has 1 N–H and O–H groups in total. The Morgan fingerprint density at radius 1 is 1.32 bits per heavy atom. The molecular formula is C17H27NO. The summed E-state index contributed by atoms with van der Waals surface area (Å²) in [6.45, 7) is 11.0. The monoisotopic (exact) mass is 261 g/mol. The molecule has 1 aromatic carbocycles. The van der Waals surface area contributed by atoms with E-state index in [9.17, 15) is 0 Å². The Kier molecular flexibility index (Phi) is 4.19. The van der Waals surface area contributed by atoms with Crippen molar-refractivity contribution >= 4 is 0 Å². The molecule has 0 atom stereocenters. The maximum atomic E-state index is 5.54. The Morgan fingerprint density at radius 2 is 2.00 bits per heavy atom. The first-order valence-corrected chi connectivity index (χ1v) is 7.44. The zero-order chi connectivity index (χ0) is 14.0. The van der Waals surface area contributed by atoms with Crippen molar-refractivity contribution in [3.8, 4) is 5.75 Å². The molecule has 0 bridgehead atoms. The summed E-state index contributed by atoms with van der Waals surface area (Å²) < 4.78 is 5.54. The highest BCUT2D eigenvalue weighted by atomic mass is 16.5. The fourth-order valence-electron chi connectivity index (χ4n) is 2.95. The molecule has 0 amide bonds. The second-order valence-electron chi connectivity index (χ2n) is 6.12. The quantitative estimate of drug-likeness (QED) is 0.841. The van der Waals surface area contributed by atoms with E-state index in [1.165, 1.54) is 29.5 Å². The summed E-state index contributed by atoms with van der Waals surface area (Å²) >= 11 is 0. The van der Waals surface area contributed by atoms with Gasteiger partial charge < -0.3 is 10.1 Å². The molecule has 0 unspecified atom stereocenters. The fraction of sp³-hybridized carbons (Fsp3) is 0.647. The maximum absolute atomic E-state index is 5.54. The van der Waals surface area contributed by atoms with Gasteiger partial charge in [0.1, 0.15) is 5.75 Å². The maximum Gasteiger partial charge on any atom is 0.122 e. The second-order valence-corrected chi connectivity index (χ2v) is 6.12. The number of nitrogens with one attached hydrogen (secondary N) is 1. The highest BCUT2D eigenvalue weighted by Gasteiger charge is 2.44. The van der Waals surface area contributed by atoms with Gasteiger partial charge in [-0.15, -0.1) is 0 Å². The summed E-state index contributed by atoms with van der Waals surface area (Å²) in [5.74, 6) is 1.54. The first-order valence-electron chi connectivity index (χ1n) is 7.44. The minimum absolute atomic E-state index is 0.385. The van der Waals surface area contributed by atoms with Crippen LogP contribution < -0.4 is 10.1 Å². The van der Waals surface area contributed by atoms with E-state index in [0.717, 1.165) is 18.8 Å². The van der Waals surface area contributed by atoms with E-state index in [0.29, 0.717) is 11.3 Å². The van der Waals surface area contributed by atoms with Crippen molar-refractivity contribution < 1.29 is 4.74 Å². The van der Waals surface area contributed by atoms with Gasteiger partial charge in [0, 0.05) is 12.0 Å². The fourth-order valence-corrected chi connectivity index (χ4v) is 2.95. The molecule has 0 saturated heterocycles. The Bertz CT molecular complexity index is 447. The van der Waals surface area contributed by atoms with Gasteiger partial charge >= 0.3 is 0 Å². The minimum atomic E-state index is 0.385. The predicted octanol–water partition coefficient (Wildman–Crippen LogP) is 3.77. The molecule has 2 nitrogen and oxygen atoms in total. The molecule has 1 aromatic rings. The molecule has 0 spiro atoms. The van der Waals surface area contributed by atoms with Crippen LogP contribution >= 0.6 is 0 Å². The van der Waals surface area contributed by atoms with Crippen LogP contribution in [0, 0.1) is 6.92 Å². The number of hydrogen-bond acceptors (Lipinski definition) is 2. The summed E-state index contributed by atoms with van der Waals surface area (Å²) in [6, 6.07) is 4.61. The number of hydrogen-bond donors (Lipinski definition) is 1. The van der Waals surface area contributed by atoms with Gasteiger partial charge in [0.15, 0.2) is 0 Å². The summed E-state index contributed by atoms with van der Waals surface area (Å²) in [5.41, 5.74) is 4.62. The Morgan fingerprint density at radius 3 is 2.47 bits per heavy atom. The van der Waals surface area contributed by atoms with Crippen molar-refractivity contribution in [1.82, 2.24) is 5.32 Å². The van der Waals surface area contributed by atoms with Crippen LogP contribution in [0.15, 0.2) is 12.1 Å². The first kappa shape index (κ1) is 14.4. The number of aryl methyl sites for hydroxylation is 1. The van der Waals surface area contributed by atoms with E-state index in [2.05, 4.69) is 45.1 Å². The number of ether oxygens (including phenoxy) is 1. The number of rotatable bonds is 6. The number of methoxy groups -OCH3 is 1. The van der Waals surface area contributed by atoms with Crippen molar-refractivity contribution in [2.45, 2.75) is 51.9 Å². The highest BCUT2D eigenvalue weighted by Crippen LogP contribution is 2.50. The van der Waals surface area contributed by atoms with Gasteiger partial charge in [0.25, 0.3) is 0 Å². The lowest BCUT2D eigenvalue weighted by Gasteiger charge is -2.22. The average Bonchev–Trinajstić information content (AvgIpc) is 3.16. The van der Waals surface area contributed by atoms with Crippen LogP contribution in [0.1, 0.15) is 56.2 Å². The molecule has 1 fully saturated rings. The lowest BCUT2D eigenvalue weighted by molar-refractivity contribution is 0.406. The van der Waals surface area contributed by atoms with Crippen LogP contribution in [0.3, 0.4) is 0 Å². The summed E-state index contributed by atoms with van der Waals surface area (Å²) in [5, 5.41) is 3.52. The number of benzene rings is 1. The molecule has 19 heavy (non-hydrogen) atoms. The van der Waals surface area contributed by atoms with Crippen LogP contribution in [0.5, 0.6) is 5.75 Å². The highest BCUT2D eigenvalue weighted by molar-refractivity contribution is 5.49. The van der Waals surface area contributed by atoms with Crippen LogP contribution in [0.2, 0.25) is 0 Å². The summed E-state index contributed by atoms with van der Waals surface area (Å²) in [6.07, 6.45) is 2.62. The molecule has 0 aromatic heterocycles. The van der Waals surface area contributed by atoms with Gasteiger partial charge in [-0.1, -0.05) is 26.8 Å². The molecule has 1 aliphatic rings. The molecule has 2 heteroatoms.